The van der Waals surface area contributed by atoms with Gasteiger partial charge in [0, 0.05) is 7.11 Å². The first-order valence-electron chi connectivity index (χ1n) is 2.34. The van der Waals surface area contributed by atoms with Gasteiger partial charge >= 0.3 is 0 Å². The summed E-state index contributed by atoms with van der Waals surface area (Å²) in [6, 6.07) is 1.88. The summed E-state index contributed by atoms with van der Waals surface area (Å²) in [7, 11) is 1.50. The molecule has 3 heteroatoms. The van der Waals surface area contributed by atoms with Gasteiger partial charge in [-0.3, -0.25) is 0 Å². The number of hydrogen-bond acceptors (Lipinski definition) is 3. The minimum atomic E-state index is -0.361. The molecule has 3 nitrogen and oxygen atoms in total. The van der Waals surface area contributed by atoms with Crippen molar-refractivity contribution in [1.82, 2.24) is 0 Å². The van der Waals surface area contributed by atoms with Crippen molar-refractivity contribution in [3.63, 3.8) is 0 Å². The highest BCUT2D eigenvalue weighted by Crippen LogP contribution is 1.90. The zero-order valence-electron chi connectivity index (χ0n) is 4.79. The molecular weight excluding hydrogens is 106 g/mol. The van der Waals surface area contributed by atoms with Crippen LogP contribution >= 0.6 is 0 Å². The standard InChI is InChI=1S/C5H9NO2/c1-8-4-5(2-6)3-7/h5,7H,3-4H2,1H3. The molecule has 0 rings (SSSR count). The molecule has 0 fully saturated rings. The van der Waals surface area contributed by atoms with E-state index in [-0.39, 0.29) is 12.5 Å². The largest absolute Gasteiger partial charge is 0.395 e. The topological polar surface area (TPSA) is 53.2 Å². The van der Waals surface area contributed by atoms with E-state index in [1.165, 1.54) is 7.11 Å². The zero-order valence-corrected chi connectivity index (χ0v) is 4.79. The van der Waals surface area contributed by atoms with E-state index in [0.29, 0.717) is 6.61 Å². The Kier molecular flexibility index (Phi) is 4.23. The van der Waals surface area contributed by atoms with Gasteiger partial charge in [0.25, 0.3) is 0 Å². The highest BCUT2D eigenvalue weighted by Gasteiger charge is 2.01. The summed E-state index contributed by atoms with van der Waals surface area (Å²) in [6.45, 7) is 0.192. The number of methoxy groups -OCH3 is 1. The SMILES string of the molecule is COCC(C#N)CO. The van der Waals surface area contributed by atoms with E-state index < -0.39 is 0 Å². The summed E-state index contributed by atoms with van der Waals surface area (Å²) in [6.07, 6.45) is 0. The Morgan fingerprint density at radius 3 is 2.62 bits per heavy atom. The molecule has 1 N–H and O–H groups in total. The second kappa shape index (κ2) is 4.57. The van der Waals surface area contributed by atoms with Crippen LogP contribution in [-0.4, -0.2) is 25.4 Å². The van der Waals surface area contributed by atoms with E-state index >= 15 is 0 Å². The van der Waals surface area contributed by atoms with Crippen molar-refractivity contribution in [2.45, 2.75) is 0 Å². The van der Waals surface area contributed by atoms with Gasteiger partial charge in [-0.25, -0.2) is 0 Å². The molecule has 46 valence electrons. The van der Waals surface area contributed by atoms with Crippen LogP contribution in [0.15, 0.2) is 0 Å². The van der Waals surface area contributed by atoms with Gasteiger partial charge in [-0.15, -0.1) is 0 Å². The third-order valence-electron chi connectivity index (χ3n) is 0.771. The van der Waals surface area contributed by atoms with Crippen LogP contribution in [0.3, 0.4) is 0 Å². The fourth-order valence-electron chi connectivity index (χ4n) is 0.332. The molecule has 0 radical (unpaired) electrons. The molecule has 1 unspecified atom stereocenters. The van der Waals surface area contributed by atoms with Crippen molar-refractivity contribution < 1.29 is 9.84 Å². The third kappa shape index (κ3) is 2.56. The van der Waals surface area contributed by atoms with Crippen LogP contribution in [0.1, 0.15) is 0 Å². The summed E-state index contributed by atoms with van der Waals surface area (Å²) in [5, 5.41) is 16.5. The van der Waals surface area contributed by atoms with Crippen molar-refractivity contribution >= 4 is 0 Å². The Bertz CT molecular complexity index is 86.9. The molecule has 0 aromatic heterocycles. The number of aliphatic hydroxyl groups is 1. The Hall–Kier alpha value is -0.590. The Morgan fingerprint density at radius 2 is 2.50 bits per heavy atom. The second-order valence-corrected chi connectivity index (χ2v) is 1.46. The average molecular weight is 115 g/mol. The lowest BCUT2D eigenvalue weighted by Gasteiger charge is -1.99. The fraction of sp³-hybridized carbons (Fsp3) is 0.800. The van der Waals surface area contributed by atoms with Crippen molar-refractivity contribution in [3.8, 4) is 6.07 Å². The lowest BCUT2D eigenvalue weighted by molar-refractivity contribution is 0.135. The number of nitrogens with zero attached hydrogens (tertiary/aromatic N) is 1. The molecule has 0 spiro atoms. The van der Waals surface area contributed by atoms with Crippen molar-refractivity contribution in [2.75, 3.05) is 20.3 Å². The lowest BCUT2D eigenvalue weighted by atomic mass is 10.2. The molecule has 0 saturated heterocycles. The first-order chi connectivity index (χ1) is 3.85. The van der Waals surface area contributed by atoms with Gasteiger partial charge in [-0.2, -0.15) is 5.26 Å². The molecule has 0 bridgehead atoms. The first-order valence-corrected chi connectivity index (χ1v) is 2.34. The number of rotatable bonds is 3. The predicted molar refractivity (Wildman–Crippen MR) is 28.1 cm³/mol. The highest BCUT2D eigenvalue weighted by molar-refractivity contribution is 4.81. The van der Waals surface area contributed by atoms with Gasteiger partial charge < -0.3 is 9.84 Å². The second-order valence-electron chi connectivity index (χ2n) is 1.46. The number of aliphatic hydroxyl groups excluding tert-OH is 1. The third-order valence-corrected chi connectivity index (χ3v) is 0.771. The van der Waals surface area contributed by atoms with Gasteiger partial charge in [-0.1, -0.05) is 0 Å². The molecule has 0 aliphatic heterocycles. The van der Waals surface area contributed by atoms with Crippen LogP contribution in [0.4, 0.5) is 0 Å². The van der Waals surface area contributed by atoms with E-state index in [1.54, 1.807) is 0 Å². The highest BCUT2D eigenvalue weighted by atomic mass is 16.5. The minimum Gasteiger partial charge on any atom is -0.395 e. The van der Waals surface area contributed by atoms with Crippen molar-refractivity contribution in [1.29, 1.82) is 5.26 Å². The fourth-order valence-corrected chi connectivity index (χ4v) is 0.332. The van der Waals surface area contributed by atoms with Gasteiger partial charge in [0.15, 0.2) is 0 Å². The van der Waals surface area contributed by atoms with Gasteiger partial charge in [0.1, 0.15) is 0 Å². The molecule has 0 aromatic rings. The molecule has 0 aliphatic rings. The monoisotopic (exact) mass is 115 g/mol. The molecule has 0 saturated carbocycles. The summed E-state index contributed by atoms with van der Waals surface area (Å²) < 4.78 is 4.60. The molecular formula is C5H9NO2. The van der Waals surface area contributed by atoms with Gasteiger partial charge in [-0.05, 0) is 0 Å². The van der Waals surface area contributed by atoms with Crippen molar-refractivity contribution in [3.05, 3.63) is 0 Å². The van der Waals surface area contributed by atoms with E-state index in [0.717, 1.165) is 0 Å². The van der Waals surface area contributed by atoms with E-state index in [1.807, 2.05) is 6.07 Å². The number of ether oxygens (including phenoxy) is 1. The average Bonchev–Trinajstić information content (AvgIpc) is 1.83. The normalized spacial score (nSPS) is 12.6. The Balaban J connectivity index is 3.26. The van der Waals surface area contributed by atoms with E-state index in [4.69, 9.17) is 10.4 Å². The first kappa shape index (κ1) is 7.41. The molecule has 1 atom stereocenters. The van der Waals surface area contributed by atoms with Crippen LogP contribution in [0, 0.1) is 17.2 Å². The van der Waals surface area contributed by atoms with E-state index in [2.05, 4.69) is 4.74 Å². The van der Waals surface area contributed by atoms with Crippen LogP contribution in [0.5, 0.6) is 0 Å². The predicted octanol–water partition coefficient (Wildman–Crippen LogP) is -0.235. The Morgan fingerprint density at radius 1 is 1.88 bits per heavy atom. The molecule has 8 heavy (non-hydrogen) atoms. The summed E-state index contributed by atoms with van der Waals surface area (Å²) >= 11 is 0. The number of hydrogen-bond donors (Lipinski definition) is 1. The van der Waals surface area contributed by atoms with Gasteiger partial charge in [0.05, 0.1) is 25.2 Å². The van der Waals surface area contributed by atoms with Crippen LogP contribution in [-0.2, 0) is 4.74 Å². The van der Waals surface area contributed by atoms with Crippen LogP contribution in [0.2, 0.25) is 0 Å². The summed E-state index contributed by atoms with van der Waals surface area (Å²) in [4.78, 5) is 0. The molecule has 0 heterocycles. The maximum Gasteiger partial charge on any atom is 0.0927 e. The maximum atomic E-state index is 8.35. The smallest absolute Gasteiger partial charge is 0.0927 e. The van der Waals surface area contributed by atoms with Crippen LogP contribution < -0.4 is 0 Å². The van der Waals surface area contributed by atoms with Crippen LogP contribution in [0.25, 0.3) is 0 Å². The maximum absolute atomic E-state index is 8.35. The zero-order chi connectivity index (χ0) is 6.41. The summed E-state index contributed by atoms with van der Waals surface area (Å²) in [5.41, 5.74) is 0. The summed E-state index contributed by atoms with van der Waals surface area (Å²) in [5.74, 6) is -0.361. The minimum absolute atomic E-state index is 0.121. The number of nitriles is 1. The molecule has 0 aromatic carbocycles. The lowest BCUT2D eigenvalue weighted by Crippen LogP contribution is -2.09. The Labute approximate surface area is 48.5 Å². The van der Waals surface area contributed by atoms with Crippen molar-refractivity contribution in [2.24, 2.45) is 5.92 Å². The quantitative estimate of drug-likeness (QED) is 0.552. The van der Waals surface area contributed by atoms with E-state index in [9.17, 15) is 0 Å². The molecule has 0 amide bonds. The molecule has 0 aliphatic carbocycles. The van der Waals surface area contributed by atoms with Gasteiger partial charge in [0.2, 0.25) is 0 Å².